The zero-order valence-corrected chi connectivity index (χ0v) is 24.7. The molecule has 0 saturated carbocycles. The predicted octanol–water partition coefficient (Wildman–Crippen LogP) is 10.7. The fourth-order valence-electron chi connectivity index (χ4n) is 5.48. The molecule has 202 valence electrons. The molecule has 0 bridgehead atoms. The number of hydrogen-bond acceptors (Lipinski definition) is 2. The third kappa shape index (κ3) is 8.25. The normalized spacial score (nSPS) is 12.0. The molecule has 0 atom stereocenters. The summed E-state index contributed by atoms with van der Waals surface area (Å²) in [7, 11) is 0. The third-order valence-electron chi connectivity index (χ3n) is 7.42. The number of unbranched alkanes of at least 4 members (excludes halogenated alkanes) is 4. The van der Waals surface area contributed by atoms with Crippen LogP contribution in [0.2, 0.25) is 0 Å². The summed E-state index contributed by atoms with van der Waals surface area (Å²) in [5.74, 6) is 0. The molecular formula is C36H48N2. The molecular weight excluding hydrogens is 460 g/mol. The first kappa shape index (κ1) is 29.6. The molecule has 2 heteroatoms. The van der Waals surface area contributed by atoms with E-state index in [4.69, 9.17) is 9.98 Å². The molecule has 0 aliphatic rings. The Bertz CT molecular complexity index is 1220. The maximum Gasteiger partial charge on any atom is 0.0639 e. The van der Waals surface area contributed by atoms with Gasteiger partial charge in [0.2, 0.25) is 0 Å². The first-order chi connectivity index (χ1) is 18.5. The van der Waals surface area contributed by atoms with E-state index in [1.165, 1.54) is 77.5 Å². The zero-order valence-electron chi connectivity index (χ0n) is 24.7. The number of benzene rings is 3. The molecule has 0 unspecified atom stereocenters. The van der Waals surface area contributed by atoms with E-state index in [1.54, 1.807) is 0 Å². The van der Waals surface area contributed by atoms with Crippen molar-refractivity contribution in [3.63, 3.8) is 0 Å². The predicted molar refractivity (Wildman–Crippen MR) is 169 cm³/mol. The van der Waals surface area contributed by atoms with Gasteiger partial charge in [0, 0.05) is 6.21 Å². The van der Waals surface area contributed by atoms with Gasteiger partial charge in [-0.2, -0.15) is 0 Å². The highest BCUT2D eigenvalue weighted by molar-refractivity contribution is 6.30. The van der Waals surface area contributed by atoms with Gasteiger partial charge in [-0.05, 0) is 116 Å². The van der Waals surface area contributed by atoms with E-state index in [0.717, 1.165) is 42.8 Å². The molecule has 0 radical (unpaired) electrons. The van der Waals surface area contributed by atoms with Crippen LogP contribution < -0.4 is 0 Å². The van der Waals surface area contributed by atoms with E-state index in [1.807, 2.05) is 6.21 Å². The summed E-state index contributed by atoms with van der Waals surface area (Å²) in [4.78, 5) is 9.87. The molecule has 0 aliphatic carbocycles. The van der Waals surface area contributed by atoms with Crippen LogP contribution in [0, 0.1) is 6.92 Å². The summed E-state index contributed by atoms with van der Waals surface area (Å²) in [6.45, 7) is 13.3. The van der Waals surface area contributed by atoms with Crippen LogP contribution in [0.4, 0.5) is 11.4 Å². The van der Waals surface area contributed by atoms with Crippen LogP contribution in [0.3, 0.4) is 0 Å². The Balaban J connectivity index is 1.88. The molecule has 0 fully saturated rings. The summed E-state index contributed by atoms with van der Waals surface area (Å²) in [5, 5.41) is 0. The van der Waals surface area contributed by atoms with Gasteiger partial charge >= 0.3 is 0 Å². The summed E-state index contributed by atoms with van der Waals surface area (Å²) in [5.41, 5.74) is 12.8. The molecule has 0 saturated heterocycles. The van der Waals surface area contributed by atoms with Crippen molar-refractivity contribution in [3.05, 3.63) is 82.4 Å². The number of aryl methyl sites for hydroxylation is 4. The minimum absolute atomic E-state index is 0.938. The van der Waals surface area contributed by atoms with Gasteiger partial charge in [-0.3, -0.25) is 9.98 Å². The molecule has 0 spiro atoms. The zero-order chi connectivity index (χ0) is 27.3. The van der Waals surface area contributed by atoms with Crippen LogP contribution in [0.5, 0.6) is 0 Å². The molecule has 38 heavy (non-hydrogen) atoms. The van der Waals surface area contributed by atoms with Gasteiger partial charge in [0.05, 0.1) is 17.1 Å². The molecule has 3 aromatic rings. The SMILES string of the molecule is CCCCCCc1cc(N=C(C)C=Nc2cc(C)c(-c3ccccc3)c(CCCC)c2)cc(CC)c1CC. The van der Waals surface area contributed by atoms with Crippen molar-refractivity contribution in [2.45, 2.75) is 106 Å². The van der Waals surface area contributed by atoms with Crippen molar-refractivity contribution >= 4 is 23.3 Å². The van der Waals surface area contributed by atoms with Gasteiger partial charge in [-0.15, -0.1) is 0 Å². The quantitative estimate of drug-likeness (QED) is 0.153. The van der Waals surface area contributed by atoms with E-state index in [2.05, 4.69) is 96.1 Å². The Kier molecular flexibility index (Phi) is 12.0. The number of nitrogens with zero attached hydrogens (tertiary/aromatic N) is 2. The summed E-state index contributed by atoms with van der Waals surface area (Å²) in [6.07, 6.45) is 13.8. The van der Waals surface area contributed by atoms with Crippen molar-refractivity contribution < 1.29 is 0 Å². The van der Waals surface area contributed by atoms with Gasteiger partial charge in [-0.25, -0.2) is 0 Å². The van der Waals surface area contributed by atoms with E-state index in [-0.39, 0.29) is 0 Å². The molecule has 0 N–H and O–H groups in total. The van der Waals surface area contributed by atoms with E-state index in [0.29, 0.717) is 0 Å². The van der Waals surface area contributed by atoms with Gasteiger partial charge in [0.1, 0.15) is 0 Å². The van der Waals surface area contributed by atoms with Gasteiger partial charge in [0.25, 0.3) is 0 Å². The highest BCUT2D eigenvalue weighted by Crippen LogP contribution is 2.33. The van der Waals surface area contributed by atoms with Gasteiger partial charge in [0.15, 0.2) is 0 Å². The van der Waals surface area contributed by atoms with Crippen molar-refractivity contribution in [3.8, 4) is 11.1 Å². The Morgan fingerprint density at radius 1 is 0.711 bits per heavy atom. The second-order valence-corrected chi connectivity index (χ2v) is 10.5. The van der Waals surface area contributed by atoms with Gasteiger partial charge in [-0.1, -0.05) is 83.7 Å². The van der Waals surface area contributed by atoms with Crippen molar-refractivity contribution in [2.24, 2.45) is 9.98 Å². The minimum atomic E-state index is 0.938. The van der Waals surface area contributed by atoms with Crippen LogP contribution in [-0.2, 0) is 25.7 Å². The lowest BCUT2D eigenvalue weighted by Gasteiger charge is -2.15. The number of aliphatic imine (C=N–C) groups is 2. The first-order valence-electron chi connectivity index (χ1n) is 14.9. The maximum absolute atomic E-state index is 4.99. The van der Waals surface area contributed by atoms with E-state index >= 15 is 0 Å². The smallest absolute Gasteiger partial charge is 0.0639 e. The number of hydrogen-bond donors (Lipinski definition) is 0. The highest BCUT2D eigenvalue weighted by atomic mass is 14.8. The Labute approximate surface area is 232 Å². The maximum atomic E-state index is 4.99. The van der Waals surface area contributed by atoms with Crippen LogP contribution in [0.15, 0.2) is 64.6 Å². The monoisotopic (exact) mass is 508 g/mol. The van der Waals surface area contributed by atoms with Crippen LogP contribution in [-0.4, -0.2) is 11.9 Å². The molecule has 0 aliphatic heterocycles. The molecule has 0 aromatic heterocycles. The topological polar surface area (TPSA) is 24.7 Å². The Morgan fingerprint density at radius 3 is 2.08 bits per heavy atom. The minimum Gasteiger partial charge on any atom is -0.255 e. The molecule has 0 heterocycles. The summed E-state index contributed by atoms with van der Waals surface area (Å²) >= 11 is 0. The number of rotatable bonds is 14. The van der Waals surface area contributed by atoms with Crippen LogP contribution in [0.1, 0.15) is 101 Å². The highest BCUT2D eigenvalue weighted by Gasteiger charge is 2.11. The van der Waals surface area contributed by atoms with Gasteiger partial charge < -0.3 is 0 Å². The lowest BCUT2D eigenvalue weighted by molar-refractivity contribution is 0.664. The Hall–Kier alpha value is -3.00. The molecule has 2 nitrogen and oxygen atoms in total. The molecule has 0 amide bonds. The van der Waals surface area contributed by atoms with Crippen LogP contribution >= 0.6 is 0 Å². The molecule has 3 rings (SSSR count). The van der Waals surface area contributed by atoms with E-state index < -0.39 is 0 Å². The third-order valence-corrected chi connectivity index (χ3v) is 7.42. The summed E-state index contributed by atoms with van der Waals surface area (Å²) in [6, 6.07) is 19.8. The average Bonchev–Trinajstić information content (AvgIpc) is 2.93. The first-order valence-corrected chi connectivity index (χ1v) is 14.9. The van der Waals surface area contributed by atoms with Crippen LogP contribution in [0.25, 0.3) is 11.1 Å². The van der Waals surface area contributed by atoms with Crippen molar-refractivity contribution in [2.75, 3.05) is 0 Å². The molecule has 3 aromatic carbocycles. The fraction of sp³-hybridized carbons (Fsp3) is 0.444. The lowest BCUT2D eigenvalue weighted by atomic mass is 9.91. The second-order valence-electron chi connectivity index (χ2n) is 10.5. The summed E-state index contributed by atoms with van der Waals surface area (Å²) < 4.78 is 0. The fourth-order valence-corrected chi connectivity index (χ4v) is 5.48. The average molecular weight is 509 g/mol. The van der Waals surface area contributed by atoms with Crippen molar-refractivity contribution in [1.29, 1.82) is 0 Å². The largest absolute Gasteiger partial charge is 0.255 e. The Morgan fingerprint density at radius 2 is 1.39 bits per heavy atom. The van der Waals surface area contributed by atoms with E-state index in [9.17, 15) is 0 Å². The second kappa shape index (κ2) is 15.4. The lowest BCUT2D eigenvalue weighted by Crippen LogP contribution is -2.00. The van der Waals surface area contributed by atoms with Crippen molar-refractivity contribution in [1.82, 2.24) is 0 Å². The standard InChI is InChI=1S/C36H48N2/c1-7-11-13-15-21-31-24-34(23-29(9-3)35(31)10-4)38-28(6)26-37-33-22-27(5)36(30-19-16-14-17-20-30)32(25-33)18-12-8-2/h14,16-17,19-20,22-26H,7-13,15,18,21H2,1-6H3.